The highest BCUT2D eigenvalue weighted by Gasteiger charge is 2.08. The third kappa shape index (κ3) is 4.10. The van der Waals surface area contributed by atoms with Crippen LogP contribution in [0.3, 0.4) is 0 Å². The van der Waals surface area contributed by atoms with Gasteiger partial charge in [-0.2, -0.15) is 0 Å². The molecular weight excluding hydrogens is 276 g/mol. The quantitative estimate of drug-likeness (QED) is 0.480. The summed E-state index contributed by atoms with van der Waals surface area (Å²) >= 11 is 4.65. The molecule has 0 fully saturated rings. The number of hydrogen-bond donors (Lipinski definition) is 0. The molecule has 0 radical (unpaired) electrons. The van der Waals surface area contributed by atoms with Gasteiger partial charge in [0.1, 0.15) is 0 Å². The Balaban J connectivity index is 2.58. The summed E-state index contributed by atoms with van der Waals surface area (Å²) in [5.41, 5.74) is 0. The monoisotopic (exact) mass is 286 g/mol. The van der Waals surface area contributed by atoms with Crippen LogP contribution in [0.2, 0.25) is 0 Å². The van der Waals surface area contributed by atoms with E-state index < -0.39 is 0 Å². The van der Waals surface area contributed by atoms with Gasteiger partial charge in [-0.05, 0) is 31.2 Å². The zero-order chi connectivity index (χ0) is 11.3. The van der Waals surface area contributed by atoms with Crippen molar-refractivity contribution in [2.24, 2.45) is 0 Å². The Morgan fingerprint density at radius 3 is 2.60 bits per heavy atom. The minimum atomic E-state index is -0.356. The molecule has 0 N–H and O–H groups in total. The number of hydrogen-bond acceptors (Lipinski definition) is 3. The van der Waals surface area contributed by atoms with Crippen LogP contribution in [0.25, 0.3) is 0 Å². The zero-order valence-corrected chi connectivity index (χ0v) is 10.7. The Labute approximate surface area is 102 Å². The first-order valence-electron chi connectivity index (χ1n) is 4.43. The summed E-state index contributed by atoms with van der Waals surface area (Å²) in [6.45, 7) is 5.81. The Morgan fingerprint density at radius 2 is 2.07 bits per heavy atom. The highest BCUT2D eigenvalue weighted by Crippen LogP contribution is 2.27. The van der Waals surface area contributed by atoms with Crippen LogP contribution in [0.4, 0.5) is 0 Å². The Bertz CT molecular complexity index is 359. The molecule has 0 amide bonds. The van der Waals surface area contributed by atoms with Gasteiger partial charge in [0.25, 0.3) is 0 Å². The van der Waals surface area contributed by atoms with E-state index in [1.807, 2.05) is 24.3 Å². The summed E-state index contributed by atoms with van der Waals surface area (Å²) in [6.07, 6.45) is 0. The average molecular weight is 287 g/mol. The van der Waals surface area contributed by atoms with Crippen LogP contribution in [-0.2, 0) is 9.53 Å². The molecule has 15 heavy (non-hydrogen) atoms. The zero-order valence-electron chi connectivity index (χ0n) is 8.33. The molecule has 1 rings (SSSR count). The first-order chi connectivity index (χ1) is 7.13. The van der Waals surface area contributed by atoms with Crippen LogP contribution in [-0.4, -0.2) is 12.6 Å². The number of halogens is 1. The topological polar surface area (TPSA) is 26.3 Å². The van der Waals surface area contributed by atoms with Crippen molar-refractivity contribution >= 4 is 33.7 Å². The van der Waals surface area contributed by atoms with Crippen molar-refractivity contribution in [3.63, 3.8) is 0 Å². The summed E-state index contributed by atoms with van der Waals surface area (Å²) in [5, 5.41) is 0. The summed E-state index contributed by atoms with van der Waals surface area (Å²) in [4.78, 5) is 12.6. The lowest BCUT2D eigenvalue weighted by Crippen LogP contribution is -2.03. The SMILES string of the molecule is C=C(Sc1ccc(Br)cc1)C(=O)OCC. The van der Waals surface area contributed by atoms with Crippen molar-refractivity contribution in [3.8, 4) is 0 Å². The third-order valence-electron chi connectivity index (χ3n) is 1.56. The van der Waals surface area contributed by atoms with Crippen molar-refractivity contribution in [2.75, 3.05) is 6.61 Å². The van der Waals surface area contributed by atoms with Crippen LogP contribution in [0.1, 0.15) is 6.92 Å². The molecule has 0 spiro atoms. The highest BCUT2D eigenvalue weighted by molar-refractivity contribution is 9.10. The molecule has 0 aliphatic rings. The van der Waals surface area contributed by atoms with Crippen LogP contribution < -0.4 is 0 Å². The van der Waals surface area contributed by atoms with Gasteiger partial charge in [0.15, 0.2) is 0 Å². The highest BCUT2D eigenvalue weighted by atomic mass is 79.9. The fourth-order valence-electron chi connectivity index (χ4n) is 0.898. The van der Waals surface area contributed by atoms with E-state index in [0.717, 1.165) is 9.37 Å². The summed E-state index contributed by atoms with van der Waals surface area (Å²) in [6, 6.07) is 7.67. The molecule has 0 saturated carbocycles. The Hall–Kier alpha value is -0.740. The molecule has 2 nitrogen and oxygen atoms in total. The second-order valence-electron chi connectivity index (χ2n) is 2.70. The van der Waals surface area contributed by atoms with Crippen LogP contribution in [0.15, 0.2) is 45.1 Å². The minimum absolute atomic E-state index is 0.356. The molecule has 0 heterocycles. The second kappa shape index (κ2) is 5.98. The average Bonchev–Trinajstić information content (AvgIpc) is 2.22. The van der Waals surface area contributed by atoms with Gasteiger partial charge in [-0.15, -0.1) is 0 Å². The molecule has 4 heteroatoms. The number of esters is 1. The van der Waals surface area contributed by atoms with Gasteiger partial charge < -0.3 is 4.74 Å². The van der Waals surface area contributed by atoms with E-state index in [2.05, 4.69) is 22.5 Å². The lowest BCUT2D eigenvalue weighted by atomic mass is 10.4. The van der Waals surface area contributed by atoms with Crippen molar-refractivity contribution in [2.45, 2.75) is 11.8 Å². The van der Waals surface area contributed by atoms with Crippen LogP contribution >= 0.6 is 27.7 Å². The van der Waals surface area contributed by atoms with Gasteiger partial charge in [-0.1, -0.05) is 34.3 Å². The molecule has 1 aromatic carbocycles. The maximum atomic E-state index is 11.3. The molecular formula is C11H11BrO2S. The van der Waals surface area contributed by atoms with E-state index in [9.17, 15) is 4.79 Å². The molecule has 0 bridgehead atoms. The lowest BCUT2D eigenvalue weighted by molar-refractivity contribution is -0.137. The van der Waals surface area contributed by atoms with Crippen LogP contribution in [0, 0.1) is 0 Å². The summed E-state index contributed by atoms with van der Waals surface area (Å²) in [7, 11) is 0. The summed E-state index contributed by atoms with van der Waals surface area (Å²) < 4.78 is 5.84. The predicted molar refractivity (Wildman–Crippen MR) is 65.8 cm³/mol. The molecule has 0 atom stereocenters. The van der Waals surface area contributed by atoms with Gasteiger partial charge in [-0.3, -0.25) is 0 Å². The predicted octanol–water partition coefficient (Wildman–Crippen LogP) is 3.62. The van der Waals surface area contributed by atoms with Gasteiger partial charge in [-0.25, -0.2) is 4.79 Å². The van der Waals surface area contributed by atoms with Crippen molar-refractivity contribution < 1.29 is 9.53 Å². The van der Waals surface area contributed by atoms with Crippen molar-refractivity contribution in [1.29, 1.82) is 0 Å². The van der Waals surface area contributed by atoms with Gasteiger partial charge >= 0.3 is 5.97 Å². The van der Waals surface area contributed by atoms with E-state index in [-0.39, 0.29) is 5.97 Å². The van der Waals surface area contributed by atoms with E-state index >= 15 is 0 Å². The fourth-order valence-corrected chi connectivity index (χ4v) is 1.86. The molecule has 0 aliphatic heterocycles. The largest absolute Gasteiger partial charge is 0.462 e. The van der Waals surface area contributed by atoms with Crippen molar-refractivity contribution in [3.05, 3.63) is 40.2 Å². The number of carbonyl (C=O) groups excluding carboxylic acids is 1. The Morgan fingerprint density at radius 1 is 1.47 bits per heavy atom. The fraction of sp³-hybridized carbons (Fsp3) is 0.182. The molecule has 0 aromatic heterocycles. The first kappa shape index (κ1) is 12.3. The maximum Gasteiger partial charge on any atom is 0.344 e. The first-order valence-corrected chi connectivity index (χ1v) is 6.04. The molecule has 0 unspecified atom stereocenters. The smallest absolute Gasteiger partial charge is 0.344 e. The van der Waals surface area contributed by atoms with Gasteiger partial charge in [0.2, 0.25) is 0 Å². The number of rotatable bonds is 4. The van der Waals surface area contributed by atoms with E-state index in [4.69, 9.17) is 4.74 Å². The molecule has 80 valence electrons. The van der Waals surface area contributed by atoms with Gasteiger partial charge in [0.05, 0.1) is 11.5 Å². The summed E-state index contributed by atoms with van der Waals surface area (Å²) in [5.74, 6) is -0.356. The Kier molecular flexibility index (Phi) is 4.91. The maximum absolute atomic E-state index is 11.3. The minimum Gasteiger partial charge on any atom is -0.462 e. The molecule has 0 aliphatic carbocycles. The standard InChI is InChI=1S/C11H11BrO2S/c1-3-14-11(13)8(2)15-10-6-4-9(12)5-7-10/h4-7H,2-3H2,1H3. The lowest BCUT2D eigenvalue weighted by Gasteiger charge is -2.04. The third-order valence-corrected chi connectivity index (χ3v) is 3.01. The molecule has 1 aromatic rings. The number of ether oxygens (including phenoxy) is 1. The van der Waals surface area contributed by atoms with Crippen molar-refractivity contribution in [1.82, 2.24) is 0 Å². The second-order valence-corrected chi connectivity index (χ2v) is 4.78. The number of thioether (sulfide) groups is 1. The van der Waals surface area contributed by atoms with E-state index in [1.54, 1.807) is 6.92 Å². The van der Waals surface area contributed by atoms with Crippen LogP contribution in [0.5, 0.6) is 0 Å². The number of carbonyl (C=O) groups is 1. The normalized spacial score (nSPS) is 9.73. The number of benzene rings is 1. The van der Waals surface area contributed by atoms with Gasteiger partial charge in [0, 0.05) is 9.37 Å². The molecule has 0 saturated heterocycles. The van der Waals surface area contributed by atoms with E-state index in [0.29, 0.717) is 11.5 Å². The van der Waals surface area contributed by atoms with E-state index in [1.165, 1.54) is 11.8 Å².